The van der Waals surface area contributed by atoms with Gasteiger partial charge >= 0.3 is 0 Å². The van der Waals surface area contributed by atoms with Crippen LogP contribution in [0.15, 0.2) is 29.2 Å². The molecule has 6 N–H and O–H groups in total. The number of anilines is 1. The number of aliphatic hydroxyl groups excluding tert-OH is 1. The van der Waals surface area contributed by atoms with Gasteiger partial charge in [0.2, 0.25) is 0 Å². The minimum atomic E-state index is -2.03. The van der Waals surface area contributed by atoms with Gasteiger partial charge in [-0.2, -0.15) is 0 Å². The van der Waals surface area contributed by atoms with Crippen molar-refractivity contribution in [3.05, 3.63) is 45.9 Å². The fourth-order valence-electron chi connectivity index (χ4n) is 6.23. The number of rotatable bonds is 5. The van der Waals surface area contributed by atoms with Crippen molar-refractivity contribution in [2.24, 2.45) is 23.0 Å². The lowest BCUT2D eigenvalue weighted by atomic mass is 9.59. The van der Waals surface area contributed by atoms with Gasteiger partial charge in [-0.3, -0.25) is 14.5 Å². The number of carbonyl (C=O) groups is 2. The molecule has 202 valence electrons. The lowest BCUT2D eigenvalue weighted by Gasteiger charge is -2.50. The number of Topliss-reactive ketones (excluding diaryl/α,β-unsaturated/α-hetero) is 1. The second-order valence-corrected chi connectivity index (χ2v) is 12.3. The zero-order valence-electron chi connectivity index (χ0n) is 22.8. The van der Waals surface area contributed by atoms with Crippen molar-refractivity contribution in [2.45, 2.75) is 51.8 Å². The summed E-state index contributed by atoms with van der Waals surface area (Å²) in [6.45, 7) is 7.44. The number of phenolic OH excluding ortho intramolecular Hbond substituents is 1. The van der Waals surface area contributed by atoms with Gasteiger partial charge in [0.25, 0.3) is 0 Å². The van der Waals surface area contributed by atoms with Crippen molar-refractivity contribution in [3.8, 4) is 5.75 Å². The van der Waals surface area contributed by atoms with Gasteiger partial charge in [-0.25, -0.2) is 0 Å². The normalized spacial score (nSPS) is 27.6. The molecule has 0 heterocycles. The van der Waals surface area contributed by atoms with Crippen LogP contribution in [0.1, 0.15) is 48.7 Å². The van der Waals surface area contributed by atoms with Gasteiger partial charge in [-0.05, 0) is 49.9 Å². The van der Waals surface area contributed by atoms with E-state index in [9.17, 15) is 24.9 Å². The van der Waals surface area contributed by atoms with Crippen LogP contribution in [0.4, 0.5) is 5.69 Å². The Morgan fingerprint density at radius 2 is 1.81 bits per heavy atom. The summed E-state index contributed by atoms with van der Waals surface area (Å²) in [6, 6.07) is 1.21. The Labute approximate surface area is 218 Å². The summed E-state index contributed by atoms with van der Waals surface area (Å²) in [7, 11) is 7.28. The fourth-order valence-corrected chi connectivity index (χ4v) is 6.23. The SMILES string of the molecule is CN(C)c1cc(CNCC(C)(C)C)c(O)c2c1C[C@H]1C[C@H]3[C@H](N(C)C)C(=O)C=C(O)[C@@]3(O)C(N)=C1C2=O. The maximum Gasteiger partial charge on any atom is 0.195 e. The van der Waals surface area contributed by atoms with Gasteiger partial charge in [0.05, 0.1) is 17.3 Å². The van der Waals surface area contributed by atoms with Gasteiger partial charge < -0.3 is 31.3 Å². The van der Waals surface area contributed by atoms with E-state index in [0.29, 0.717) is 18.5 Å². The Balaban J connectivity index is 1.86. The van der Waals surface area contributed by atoms with Crippen LogP contribution in [-0.4, -0.2) is 78.2 Å². The third-order valence-electron chi connectivity index (χ3n) is 7.92. The van der Waals surface area contributed by atoms with E-state index >= 15 is 0 Å². The molecule has 0 bridgehead atoms. The van der Waals surface area contributed by atoms with Crippen molar-refractivity contribution >= 4 is 17.3 Å². The first-order chi connectivity index (χ1) is 17.1. The quantitative estimate of drug-likeness (QED) is 0.400. The summed E-state index contributed by atoms with van der Waals surface area (Å²) in [4.78, 5) is 30.4. The largest absolute Gasteiger partial charge is 0.509 e. The van der Waals surface area contributed by atoms with E-state index in [-0.39, 0.29) is 46.1 Å². The number of ketones is 2. The number of fused-ring (bicyclic) bond motifs is 3. The molecular weight excluding hydrogens is 472 g/mol. The summed E-state index contributed by atoms with van der Waals surface area (Å²) in [5.41, 5.74) is 6.94. The smallest absolute Gasteiger partial charge is 0.195 e. The Morgan fingerprint density at radius 1 is 1.16 bits per heavy atom. The Hall–Kier alpha value is -2.88. The third-order valence-corrected chi connectivity index (χ3v) is 7.92. The average molecular weight is 513 g/mol. The summed E-state index contributed by atoms with van der Waals surface area (Å²) in [6.07, 6.45) is 1.71. The first-order valence-electron chi connectivity index (χ1n) is 12.7. The molecule has 0 amide bonds. The Morgan fingerprint density at radius 3 is 2.38 bits per heavy atom. The lowest BCUT2D eigenvalue weighted by molar-refractivity contribution is -0.129. The number of nitrogens with two attached hydrogens (primary N) is 1. The molecule has 4 atom stereocenters. The maximum absolute atomic E-state index is 14.0. The van der Waals surface area contributed by atoms with Crippen LogP contribution >= 0.6 is 0 Å². The van der Waals surface area contributed by atoms with Gasteiger partial charge in [-0.1, -0.05) is 20.8 Å². The molecule has 9 nitrogen and oxygen atoms in total. The monoisotopic (exact) mass is 512 g/mol. The molecule has 3 aliphatic carbocycles. The number of phenols is 1. The van der Waals surface area contributed by atoms with E-state index in [2.05, 4.69) is 26.1 Å². The van der Waals surface area contributed by atoms with Crippen molar-refractivity contribution < 1.29 is 24.9 Å². The van der Waals surface area contributed by atoms with E-state index < -0.39 is 29.1 Å². The van der Waals surface area contributed by atoms with Crippen LogP contribution < -0.4 is 16.0 Å². The number of aliphatic hydroxyl groups is 2. The highest BCUT2D eigenvalue weighted by Crippen LogP contribution is 2.52. The van der Waals surface area contributed by atoms with Crippen LogP contribution in [0.3, 0.4) is 0 Å². The van der Waals surface area contributed by atoms with Crippen molar-refractivity contribution in [2.75, 3.05) is 39.6 Å². The Kier molecular flexibility index (Phi) is 6.72. The van der Waals surface area contributed by atoms with Crippen LogP contribution in [0.25, 0.3) is 0 Å². The summed E-state index contributed by atoms with van der Waals surface area (Å²) >= 11 is 0. The first kappa shape index (κ1) is 27.2. The molecule has 9 heteroatoms. The molecule has 0 saturated heterocycles. The molecule has 37 heavy (non-hydrogen) atoms. The number of nitrogens with zero attached hydrogens (tertiary/aromatic N) is 2. The standard InChI is InChI=1S/C28H40N4O5/c1-27(2,3)13-30-12-15-10-18(31(4)5)16-8-14-9-17-23(32(6)7)19(33)11-20(34)28(17,37)26(29)21(14)25(36)22(16)24(15)35/h10-11,14,17,23,30,34-35,37H,8-9,12-13,29H2,1-7H3/t14-,17-,23-,28+/m0/s1. The predicted octanol–water partition coefficient (Wildman–Crippen LogP) is 1.87. The average Bonchev–Trinajstić information content (AvgIpc) is 2.76. The molecule has 0 fully saturated rings. The number of nitrogens with one attached hydrogen (secondary N) is 1. The molecule has 0 radical (unpaired) electrons. The number of hydrogen-bond acceptors (Lipinski definition) is 9. The predicted molar refractivity (Wildman–Crippen MR) is 143 cm³/mol. The second-order valence-electron chi connectivity index (χ2n) is 12.3. The second kappa shape index (κ2) is 9.15. The molecule has 0 saturated carbocycles. The molecule has 0 spiro atoms. The number of benzene rings is 1. The van der Waals surface area contributed by atoms with E-state index in [1.807, 2.05) is 25.1 Å². The van der Waals surface area contributed by atoms with Gasteiger partial charge in [0.15, 0.2) is 17.2 Å². The molecule has 4 rings (SSSR count). The number of hydrogen-bond donors (Lipinski definition) is 5. The minimum Gasteiger partial charge on any atom is -0.509 e. The first-order valence-corrected chi connectivity index (χ1v) is 12.7. The zero-order valence-corrected chi connectivity index (χ0v) is 22.8. The highest BCUT2D eigenvalue weighted by atomic mass is 16.3. The highest BCUT2D eigenvalue weighted by molar-refractivity contribution is 6.15. The summed E-state index contributed by atoms with van der Waals surface area (Å²) < 4.78 is 0. The fraction of sp³-hybridized carbons (Fsp3) is 0.571. The van der Waals surface area contributed by atoms with E-state index in [4.69, 9.17) is 5.73 Å². The highest BCUT2D eigenvalue weighted by Gasteiger charge is 2.58. The van der Waals surface area contributed by atoms with Crippen LogP contribution in [0, 0.1) is 17.3 Å². The van der Waals surface area contributed by atoms with Crippen LogP contribution in [0.5, 0.6) is 5.75 Å². The number of allylic oxidation sites excluding steroid dienone is 1. The van der Waals surface area contributed by atoms with Gasteiger partial charge in [-0.15, -0.1) is 0 Å². The van der Waals surface area contributed by atoms with E-state index in [1.54, 1.807) is 19.0 Å². The maximum atomic E-state index is 14.0. The molecular formula is C28H40N4O5. The third kappa shape index (κ3) is 4.32. The minimum absolute atomic E-state index is 0.0475. The lowest BCUT2D eigenvalue weighted by Crippen LogP contribution is -2.62. The molecule has 0 aliphatic heterocycles. The van der Waals surface area contributed by atoms with Crippen LogP contribution in [-0.2, 0) is 17.8 Å². The van der Waals surface area contributed by atoms with E-state index in [1.165, 1.54) is 0 Å². The molecule has 0 unspecified atom stereocenters. The number of aromatic hydroxyl groups is 1. The van der Waals surface area contributed by atoms with Gasteiger partial charge in [0, 0.05) is 56.0 Å². The zero-order chi connectivity index (χ0) is 27.6. The topological polar surface area (TPSA) is 139 Å². The molecule has 0 aromatic heterocycles. The number of likely N-dealkylation sites (N-methyl/N-ethyl adjacent to an activating group) is 1. The summed E-state index contributed by atoms with van der Waals surface area (Å²) in [5, 5.41) is 37.1. The Bertz CT molecular complexity index is 1210. The van der Waals surface area contributed by atoms with Gasteiger partial charge in [0.1, 0.15) is 11.5 Å². The van der Waals surface area contributed by atoms with E-state index in [0.717, 1.165) is 23.9 Å². The van der Waals surface area contributed by atoms with Crippen LogP contribution in [0.2, 0.25) is 0 Å². The number of carbonyl (C=O) groups excluding carboxylic acids is 2. The molecule has 1 aromatic rings. The molecule has 3 aliphatic rings. The van der Waals surface area contributed by atoms with Crippen molar-refractivity contribution in [3.63, 3.8) is 0 Å². The molecule has 1 aromatic carbocycles. The summed E-state index contributed by atoms with van der Waals surface area (Å²) in [5.74, 6) is -2.48. The van der Waals surface area contributed by atoms with Crippen molar-refractivity contribution in [1.82, 2.24) is 10.2 Å². The van der Waals surface area contributed by atoms with Crippen molar-refractivity contribution in [1.29, 1.82) is 0 Å².